The monoisotopic (exact) mass is 276 g/mol. The van der Waals surface area contributed by atoms with E-state index in [1.54, 1.807) is 0 Å². The predicted octanol–water partition coefficient (Wildman–Crippen LogP) is 2.18. The molecule has 1 rings (SSSR count). The maximum atomic E-state index is 12.1. The second-order valence-corrected chi connectivity index (χ2v) is 7.60. The number of carbonyl (C=O) groups is 1. The van der Waals surface area contributed by atoms with Gasteiger partial charge in [0.2, 0.25) is 0 Å². The Hall–Kier alpha value is -0.580. The van der Waals surface area contributed by atoms with Gasteiger partial charge in [-0.25, -0.2) is 8.42 Å². The van der Waals surface area contributed by atoms with E-state index < -0.39 is 9.84 Å². The first-order valence-electron chi connectivity index (χ1n) is 6.63. The highest BCUT2D eigenvalue weighted by atomic mass is 32.2. The van der Waals surface area contributed by atoms with Crippen LogP contribution in [0.15, 0.2) is 0 Å². The second kappa shape index (κ2) is 6.04. The number of hydrogen-bond donors (Lipinski definition) is 0. The fraction of sp³-hybridized carbons (Fsp3) is 0.923. The zero-order valence-electron chi connectivity index (χ0n) is 11.6. The number of methoxy groups -OCH3 is 1. The van der Waals surface area contributed by atoms with Crippen molar-refractivity contribution in [2.45, 2.75) is 46.0 Å². The molecule has 0 aromatic heterocycles. The van der Waals surface area contributed by atoms with Crippen LogP contribution in [0.5, 0.6) is 0 Å². The van der Waals surface area contributed by atoms with Gasteiger partial charge in [0.15, 0.2) is 9.84 Å². The van der Waals surface area contributed by atoms with Crippen LogP contribution in [-0.2, 0) is 19.4 Å². The van der Waals surface area contributed by atoms with Gasteiger partial charge < -0.3 is 4.74 Å². The van der Waals surface area contributed by atoms with E-state index in [-0.39, 0.29) is 35.2 Å². The van der Waals surface area contributed by atoms with Crippen molar-refractivity contribution < 1.29 is 17.9 Å². The quantitative estimate of drug-likeness (QED) is 0.638. The van der Waals surface area contributed by atoms with Gasteiger partial charge in [-0.2, -0.15) is 0 Å². The number of esters is 1. The Morgan fingerprint density at radius 3 is 2.22 bits per heavy atom. The average Bonchev–Trinajstić information content (AvgIpc) is 3.04. The van der Waals surface area contributed by atoms with Crippen molar-refractivity contribution in [3.05, 3.63) is 0 Å². The summed E-state index contributed by atoms with van der Waals surface area (Å²) in [7, 11) is -1.72. The number of ether oxygens (including phenoxy) is 1. The van der Waals surface area contributed by atoms with Crippen LogP contribution in [0.3, 0.4) is 0 Å². The van der Waals surface area contributed by atoms with Gasteiger partial charge in [0.05, 0.1) is 25.0 Å². The number of sulfone groups is 1. The Balaban J connectivity index is 2.57. The van der Waals surface area contributed by atoms with Crippen molar-refractivity contribution in [1.82, 2.24) is 0 Å². The molecule has 1 aliphatic carbocycles. The fourth-order valence-electron chi connectivity index (χ4n) is 2.34. The van der Waals surface area contributed by atoms with Gasteiger partial charge in [-0.3, -0.25) is 4.79 Å². The summed E-state index contributed by atoms with van der Waals surface area (Å²) in [6.07, 6.45) is 3.67. The molecule has 0 atom stereocenters. The van der Waals surface area contributed by atoms with Crippen molar-refractivity contribution in [1.29, 1.82) is 0 Å². The summed E-state index contributed by atoms with van der Waals surface area (Å²) in [6, 6.07) is 0. The maximum absolute atomic E-state index is 12.1. The molecule has 0 bridgehead atoms. The van der Waals surface area contributed by atoms with Crippen LogP contribution >= 0.6 is 0 Å². The van der Waals surface area contributed by atoms with Crippen LogP contribution in [0.1, 0.15) is 46.0 Å². The van der Waals surface area contributed by atoms with E-state index in [9.17, 15) is 13.2 Å². The summed E-state index contributed by atoms with van der Waals surface area (Å²) in [4.78, 5) is 11.3. The summed E-state index contributed by atoms with van der Waals surface area (Å²) in [6.45, 7) is 4.04. The molecule has 0 radical (unpaired) electrons. The van der Waals surface area contributed by atoms with Gasteiger partial charge in [-0.15, -0.1) is 0 Å². The molecule has 0 N–H and O–H groups in total. The Morgan fingerprint density at radius 2 is 1.83 bits per heavy atom. The predicted molar refractivity (Wildman–Crippen MR) is 71.0 cm³/mol. The molecule has 1 fully saturated rings. The zero-order valence-corrected chi connectivity index (χ0v) is 12.4. The third-order valence-electron chi connectivity index (χ3n) is 3.87. The van der Waals surface area contributed by atoms with Crippen LogP contribution in [0, 0.1) is 11.3 Å². The van der Waals surface area contributed by atoms with Crippen LogP contribution in [0.2, 0.25) is 0 Å². The minimum atomic E-state index is -3.06. The van der Waals surface area contributed by atoms with E-state index >= 15 is 0 Å². The zero-order chi connectivity index (χ0) is 13.8. The van der Waals surface area contributed by atoms with Crippen LogP contribution < -0.4 is 0 Å². The van der Waals surface area contributed by atoms with E-state index in [4.69, 9.17) is 0 Å². The first kappa shape index (κ1) is 15.5. The lowest BCUT2D eigenvalue weighted by Gasteiger charge is -2.17. The van der Waals surface area contributed by atoms with Gasteiger partial charge in [0.25, 0.3) is 0 Å². The summed E-state index contributed by atoms with van der Waals surface area (Å²) in [5.41, 5.74) is -0.321. The van der Waals surface area contributed by atoms with Crippen molar-refractivity contribution in [2.24, 2.45) is 11.3 Å². The van der Waals surface area contributed by atoms with Crippen LogP contribution in [0.25, 0.3) is 0 Å². The molecule has 1 saturated carbocycles. The summed E-state index contributed by atoms with van der Waals surface area (Å²) in [5.74, 6) is 0.336. The fourth-order valence-corrected chi connectivity index (χ4v) is 4.97. The van der Waals surface area contributed by atoms with Crippen LogP contribution in [0.4, 0.5) is 0 Å². The second-order valence-electron chi connectivity index (χ2n) is 5.49. The minimum Gasteiger partial charge on any atom is -0.469 e. The molecule has 0 aromatic carbocycles. The third kappa shape index (κ3) is 4.59. The Kier molecular flexibility index (Phi) is 5.20. The first-order chi connectivity index (χ1) is 8.36. The topological polar surface area (TPSA) is 60.4 Å². The minimum absolute atomic E-state index is 0.144. The number of rotatable bonds is 8. The number of hydrogen-bond acceptors (Lipinski definition) is 4. The first-order valence-corrected chi connectivity index (χ1v) is 8.46. The molecule has 0 amide bonds. The SMILES string of the molecule is CCC(CC)CS(=O)(=O)CC1(CC(=O)OC)CC1. The maximum Gasteiger partial charge on any atom is 0.306 e. The Morgan fingerprint density at radius 1 is 1.28 bits per heavy atom. The lowest BCUT2D eigenvalue weighted by atomic mass is 10.1. The average molecular weight is 276 g/mol. The molecule has 0 unspecified atom stereocenters. The highest BCUT2D eigenvalue weighted by Crippen LogP contribution is 2.50. The van der Waals surface area contributed by atoms with Crippen molar-refractivity contribution in [3.63, 3.8) is 0 Å². The molecule has 1 aliphatic rings. The molecule has 4 nitrogen and oxygen atoms in total. The largest absolute Gasteiger partial charge is 0.469 e. The lowest BCUT2D eigenvalue weighted by Crippen LogP contribution is -2.25. The van der Waals surface area contributed by atoms with Crippen LogP contribution in [-0.4, -0.2) is 33.0 Å². The smallest absolute Gasteiger partial charge is 0.306 e. The molecule has 0 aromatic rings. The van der Waals surface area contributed by atoms with E-state index in [1.165, 1.54) is 7.11 Å². The molecule has 0 heterocycles. The van der Waals surface area contributed by atoms with Crippen molar-refractivity contribution in [3.8, 4) is 0 Å². The van der Waals surface area contributed by atoms with E-state index in [0.717, 1.165) is 25.7 Å². The summed E-state index contributed by atoms with van der Waals surface area (Å²) in [5, 5.41) is 0. The Labute approximate surface area is 110 Å². The molecule has 0 saturated heterocycles. The molecule has 5 heteroatoms. The molecule has 0 spiro atoms. The van der Waals surface area contributed by atoms with E-state index in [1.807, 2.05) is 13.8 Å². The van der Waals surface area contributed by atoms with E-state index in [2.05, 4.69) is 4.74 Å². The van der Waals surface area contributed by atoms with Crippen molar-refractivity contribution in [2.75, 3.05) is 18.6 Å². The summed E-state index contributed by atoms with van der Waals surface area (Å²) >= 11 is 0. The highest BCUT2D eigenvalue weighted by molar-refractivity contribution is 7.91. The standard InChI is InChI=1S/C13H24O4S/c1-4-11(5-2)9-18(15,16)10-13(6-7-13)8-12(14)17-3/h11H,4-10H2,1-3H3. The lowest BCUT2D eigenvalue weighted by molar-refractivity contribution is -0.141. The third-order valence-corrected chi connectivity index (χ3v) is 5.91. The summed E-state index contributed by atoms with van der Waals surface area (Å²) < 4.78 is 28.9. The Bertz CT molecular complexity index is 378. The van der Waals surface area contributed by atoms with Crippen molar-refractivity contribution >= 4 is 15.8 Å². The molecule has 18 heavy (non-hydrogen) atoms. The molecule has 106 valence electrons. The normalized spacial score (nSPS) is 17.8. The van der Waals surface area contributed by atoms with Gasteiger partial charge in [0, 0.05) is 0 Å². The van der Waals surface area contributed by atoms with Gasteiger partial charge in [-0.05, 0) is 24.2 Å². The highest BCUT2D eigenvalue weighted by Gasteiger charge is 2.47. The van der Waals surface area contributed by atoms with Gasteiger partial charge in [-0.1, -0.05) is 26.7 Å². The van der Waals surface area contributed by atoms with Gasteiger partial charge in [0.1, 0.15) is 0 Å². The molecular weight excluding hydrogens is 252 g/mol. The van der Waals surface area contributed by atoms with Gasteiger partial charge >= 0.3 is 5.97 Å². The van der Waals surface area contributed by atoms with E-state index in [0.29, 0.717) is 0 Å². The molecule has 0 aliphatic heterocycles. The molecular formula is C13H24O4S. The number of carbonyl (C=O) groups excluding carboxylic acids is 1.